The van der Waals surface area contributed by atoms with Gasteiger partial charge in [0.05, 0.1) is 29.5 Å². The summed E-state index contributed by atoms with van der Waals surface area (Å²) in [6, 6.07) is 20.6. The van der Waals surface area contributed by atoms with Crippen LogP contribution in [0.15, 0.2) is 97.7 Å². The molecular weight excluding hydrogens is 592 g/mol. The van der Waals surface area contributed by atoms with E-state index in [0.29, 0.717) is 35.5 Å². The van der Waals surface area contributed by atoms with Crippen LogP contribution in [0, 0.1) is 0 Å². The number of aromatic nitrogens is 6. The number of pyridine rings is 2. The van der Waals surface area contributed by atoms with E-state index in [2.05, 4.69) is 56.7 Å². The zero-order valence-corrected chi connectivity index (χ0v) is 26.9. The molecule has 0 spiro atoms. The van der Waals surface area contributed by atoms with Gasteiger partial charge >= 0.3 is 6.03 Å². The first kappa shape index (κ1) is 31.0. The summed E-state index contributed by atoms with van der Waals surface area (Å²) >= 11 is 0. The molecule has 0 aliphatic heterocycles. The third-order valence-electron chi connectivity index (χ3n) is 7.32. The standard InChI is InChI=1S/C35H36N10O2/c1-35(2,3)29-19-33(45(43-29)24-10-13-32(39-20-24)44(4)5)42-34(46)40-27-11-12-28(26-9-7-6-8-25(26)27)47-22-23-14-15-37-30(18-23)41-31-21-36-16-17-38-31/h6-21H,22H2,1-5H3,(H,37,38,41)(H2,40,42,46). The molecule has 0 aliphatic carbocycles. The first-order chi connectivity index (χ1) is 22.6. The largest absolute Gasteiger partial charge is 0.488 e. The monoisotopic (exact) mass is 628 g/mol. The van der Waals surface area contributed by atoms with Crippen molar-refractivity contribution in [3.63, 3.8) is 0 Å². The number of urea groups is 1. The molecule has 2 aromatic carbocycles. The zero-order valence-electron chi connectivity index (χ0n) is 26.9. The molecule has 0 aliphatic rings. The van der Waals surface area contributed by atoms with E-state index in [1.165, 1.54) is 0 Å². The molecule has 0 bridgehead atoms. The molecule has 2 amide bonds. The lowest BCUT2D eigenvalue weighted by atomic mass is 9.92. The fourth-order valence-electron chi connectivity index (χ4n) is 4.87. The third-order valence-corrected chi connectivity index (χ3v) is 7.32. The Balaban J connectivity index is 1.19. The number of ether oxygens (including phenoxy) is 1. The van der Waals surface area contributed by atoms with Crippen molar-refractivity contribution in [3.05, 3.63) is 109 Å². The number of anilines is 5. The molecule has 0 unspecified atom stereocenters. The Kier molecular flexibility index (Phi) is 8.65. The number of carbonyl (C=O) groups excluding carboxylic acids is 1. The predicted molar refractivity (Wildman–Crippen MR) is 185 cm³/mol. The number of nitrogens with zero attached hydrogens (tertiary/aromatic N) is 7. The highest BCUT2D eigenvalue weighted by atomic mass is 16.5. The molecule has 12 nitrogen and oxygen atoms in total. The van der Waals surface area contributed by atoms with Gasteiger partial charge in [0.15, 0.2) is 0 Å². The fraction of sp³-hybridized carbons (Fsp3) is 0.200. The third kappa shape index (κ3) is 7.28. The summed E-state index contributed by atoms with van der Waals surface area (Å²) in [6.07, 6.45) is 8.32. The van der Waals surface area contributed by atoms with E-state index < -0.39 is 6.03 Å². The van der Waals surface area contributed by atoms with Gasteiger partial charge < -0.3 is 20.3 Å². The van der Waals surface area contributed by atoms with Crippen LogP contribution in [0.5, 0.6) is 5.75 Å². The van der Waals surface area contributed by atoms with Gasteiger partial charge in [0.2, 0.25) is 0 Å². The van der Waals surface area contributed by atoms with E-state index in [1.807, 2.05) is 85.7 Å². The lowest BCUT2D eigenvalue weighted by Crippen LogP contribution is -2.21. The molecule has 0 saturated carbocycles. The van der Waals surface area contributed by atoms with Crippen LogP contribution in [0.3, 0.4) is 0 Å². The predicted octanol–water partition coefficient (Wildman–Crippen LogP) is 6.94. The minimum atomic E-state index is -0.400. The molecule has 4 aromatic heterocycles. The summed E-state index contributed by atoms with van der Waals surface area (Å²) in [7, 11) is 3.87. The molecular formula is C35H36N10O2. The van der Waals surface area contributed by atoms with Crippen LogP contribution in [0.25, 0.3) is 16.5 Å². The molecule has 4 heterocycles. The van der Waals surface area contributed by atoms with Crippen molar-refractivity contribution in [2.75, 3.05) is 34.9 Å². The summed E-state index contributed by atoms with van der Waals surface area (Å²) in [6.45, 7) is 6.56. The second-order valence-electron chi connectivity index (χ2n) is 12.1. The molecule has 238 valence electrons. The van der Waals surface area contributed by atoms with Crippen LogP contribution < -0.4 is 25.6 Å². The average molecular weight is 629 g/mol. The highest BCUT2D eigenvalue weighted by Gasteiger charge is 2.22. The molecule has 0 fully saturated rings. The summed E-state index contributed by atoms with van der Waals surface area (Å²) in [5.41, 5.74) is 2.91. The Hall–Kier alpha value is -6.04. The van der Waals surface area contributed by atoms with Gasteiger partial charge in [0.25, 0.3) is 0 Å². The van der Waals surface area contributed by atoms with Crippen molar-refractivity contribution >= 4 is 45.8 Å². The summed E-state index contributed by atoms with van der Waals surface area (Å²) < 4.78 is 7.96. The van der Waals surface area contributed by atoms with Gasteiger partial charge in [-0.25, -0.2) is 24.4 Å². The molecule has 12 heteroatoms. The first-order valence-corrected chi connectivity index (χ1v) is 15.1. The van der Waals surface area contributed by atoms with E-state index in [1.54, 1.807) is 35.7 Å². The van der Waals surface area contributed by atoms with Gasteiger partial charge in [-0.15, -0.1) is 0 Å². The Bertz CT molecular complexity index is 2000. The van der Waals surface area contributed by atoms with Crippen LogP contribution in [0.4, 0.5) is 33.8 Å². The Morgan fingerprint density at radius 3 is 2.38 bits per heavy atom. The molecule has 47 heavy (non-hydrogen) atoms. The number of carbonyl (C=O) groups is 1. The summed E-state index contributed by atoms with van der Waals surface area (Å²) in [4.78, 5) is 32.6. The maximum absolute atomic E-state index is 13.4. The fourth-order valence-corrected chi connectivity index (χ4v) is 4.87. The maximum atomic E-state index is 13.4. The van der Waals surface area contributed by atoms with Gasteiger partial charge in [-0.3, -0.25) is 10.3 Å². The quantitative estimate of drug-likeness (QED) is 0.156. The Morgan fingerprint density at radius 1 is 0.851 bits per heavy atom. The first-order valence-electron chi connectivity index (χ1n) is 15.1. The number of hydrogen-bond donors (Lipinski definition) is 3. The average Bonchev–Trinajstić information content (AvgIpc) is 3.49. The van der Waals surface area contributed by atoms with Crippen molar-refractivity contribution in [1.82, 2.24) is 29.7 Å². The highest BCUT2D eigenvalue weighted by molar-refractivity contribution is 6.07. The second-order valence-corrected chi connectivity index (χ2v) is 12.1. The highest BCUT2D eigenvalue weighted by Crippen LogP contribution is 2.33. The van der Waals surface area contributed by atoms with E-state index >= 15 is 0 Å². The Labute approximate surface area is 272 Å². The van der Waals surface area contributed by atoms with Crippen molar-refractivity contribution in [3.8, 4) is 11.4 Å². The van der Waals surface area contributed by atoms with Crippen molar-refractivity contribution < 1.29 is 9.53 Å². The van der Waals surface area contributed by atoms with E-state index in [0.717, 1.165) is 33.5 Å². The molecule has 6 rings (SSSR count). The number of amides is 2. The summed E-state index contributed by atoms with van der Waals surface area (Å²) in [5.74, 6) is 3.28. The van der Waals surface area contributed by atoms with E-state index in [9.17, 15) is 4.79 Å². The molecule has 0 radical (unpaired) electrons. The van der Waals surface area contributed by atoms with Crippen LogP contribution >= 0.6 is 0 Å². The Morgan fingerprint density at radius 2 is 1.66 bits per heavy atom. The van der Waals surface area contributed by atoms with Gasteiger partial charge in [-0.2, -0.15) is 5.10 Å². The van der Waals surface area contributed by atoms with Gasteiger partial charge in [0.1, 0.15) is 35.6 Å². The van der Waals surface area contributed by atoms with Crippen LogP contribution in [0.1, 0.15) is 32.0 Å². The van der Waals surface area contributed by atoms with E-state index in [4.69, 9.17) is 9.84 Å². The molecule has 0 saturated heterocycles. The SMILES string of the molecule is CN(C)c1ccc(-n2nc(C(C)(C)C)cc2NC(=O)Nc2ccc(OCc3ccnc(Nc4cnccn4)c3)c3ccccc23)cn1. The minimum absolute atomic E-state index is 0.230. The van der Waals surface area contributed by atoms with Crippen LogP contribution in [-0.2, 0) is 12.0 Å². The van der Waals surface area contributed by atoms with E-state index in [-0.39, 0.29) is 5.41 Å². The van der Waals surface area contributed by atoms with Gasteiger partial charge in [-0.1, -0.05) is 45.0 Å². The minimum Gasteiger partial charge on any atom is -0.488 e. The van der Waals surface area contributed by atoms with Crippen molar-refractivity contribution in [2.45, 2.75) is 32.8 Å². The summed E-state index contributed by atoms with van der Waals surface area (Å²) in [5, 5.41) is 15.7. The molecule has 3 N–H and O–H groups in total. The molecule has 6 aromatic rings. The van der Waals surface area contributed by atoms with Crippen LogP contribution in [-0.4, -0.2) is 49.8 Å². The normalized spacial score (nSPS) is 11.3. The van der Waals surface area contributed by atoms with Gasteiger partial charge in [-0.05, 0) is 42.0 Å². The lowest BCUT2D eigenvalue weighted by Gasteiger charge is -2.15. The topological polar surface area (TPSA) is 135 Å². The number of rotatable bonds is 9. The van der Waals surface area contributed by atoms with Crippen molar-refractivity contribution in [2.24, 2.45) is 0 Å². The second kappa shape index (κ2) is 13.1. The smallest absolute Gasteiger partial charge is 0.324 e. The number of benzene rings is 2. The van der Waals surface area contributed by atoms with Gasteiger partial charge in [0, 0.05) is 54.9 Å². The maximum Gasteiger partial charge on any atom is 0.324 e. The number of hydrogen-bond acceptors (Lipinski definition) is 9. The number of fused-ring (bicyclic) bond motifs is 1. The number of nitrogens with one attached hydrogen (secondary N) is 3. The molecule has 0 atom stereocenters. The zero-order chi connectivity index (χ0) is 33.0. The van der Waals surface area contributed by atoms with Crippen molar-refractivity contribution in [1.29, 1.82) is 0 Å². The lowest BCUT2D eigenvalue weighted by molar-refractivity contribution is 0.262. The van der Waals surface area contributed by atoms with Crippen LogP contribution in [0.2, 0.25) is 0 Å².